The van der Waals surface area contributed by atoms with Crippen LogP contribution in [-0.2, 0) is 16.0 Å². The fourth-order valence-electron chi connectivity index (χ4n) is 1.40. The number of nitrogens with one attached hydrogen (secondary N) is 1. The highest BCUT2D eigenvalue weighted by Gasteiger charge is 2.15. The minimum atomic E-state index is -1.21. The van der Waals surface area contributed by atoms with Gasteiger partial charge >= 0.3 is 5.97 Å². The molecule has 18 heavy (non-hydrogen) atoms. The van der Waals surface area contributed by atoms with E-state index in [4.69, 9.17) is 10.8 Å². The lowest BCUT2D eigenvalue weighted by atomic mass is 10.1. The molecule has 1 rings (SSSR count). The van der Waals surface area contributed by atoms with Crippen LogP contribution in [0, 0.1) is 5.82 Å². The van der Waals surface area contributed by atoms with Crippen molar-refractivity contribution in [1.29, 1.82) is 0 Å². The molecular formula is C12H15FN2O3. The maximum Gasteiger partial charge on any atom is 0.321 e. The molecule has 0 spiro atoms. The van der Waals surface area contributed by atoms with Crippen LogP contribution in [0.25, 0.3) is 0 Å². The molecule has 1 amide bonds. The van der Waals surface area contributed by atoms with Gasteiger partial charge < -0.3 is 16.2 Å². The SMILES string of the molecule is NC(CC(=O)NCCc1cccc(F)c1)C(=O)O. The maximum absolute atomic E-state index is 12.8. The molecule has 0 saturated carbocycles. The zero-order chi connectivity index (χ0) is 13.5. The molecule has 1 aromatic rings. The van der Waals surface area contributed by atoms with Gasteiger partial charge in [0.1, 0.15) is 11.9 Å². The number of benzene rings is 1. The summed E-state index contributed by atoms with van der Waals surface area (Å²) in [5, 5.41) is 11.0. The molecule has 5 nitrogen and oxygen atoms in total. The van der Waals surface area contributed by atoms with Gasteiger partial charge in [-0.1, -0.05) is 12.1 Å². The van der Waals surface area contributed by atoms with Crippen LogP contribution in [0.1, 0.15) is 12.0 Å². The fraction of sp³-hybridized carbons (Fsp3) is 0.333. The Hall–Kier alpha value is -1.95. The molecule has 4 N–H and O–H groups in total. The Kier molecular flexibility index (Phi) is 5.26. The zero-order valence-electron chi connectivity index (χ0n) is 9.73. The largest absolute Gasteiger partial charge is 0.480 e. The fourth-order valence-corrected chi connectivity index (χ4v) is 1.40. The number of hydrogen-bond acceptors (Lipinski definition) is 3. The summed E-state index contributed by atoms with van der Waals surface area (Å²) in [4.78, 5) is 21.7. The van der Waals surface area contributed by atoms with Crippen LogP contribution in [0.5, 0.6) is 0 Å². The van der Waals surface area contributed by atoms with E-state index in [1.54, 1.807) is 12.1 Å². The third-order valence-electron chi connectivity index (χ3n) is 2.35. The Bertz CT molecular complexity index is 437. The summed E-state index contributed by atoms with van der Waals surface area (Å²) in [5.74, 6) is -1.97. The molecule has 0 aromatic heterocycles. The lowest BCUT2D eigenvalue weighted by Crippen LogP contribution is -2.37. The normalized spacial score (nSPS) is 11.9. The monoisotopic (exact) mass is 254 g/mol. The number of hydrogen-bond donors (Lipinski definition) is 3. The van der Waals surface area contributed by atoms with E-state index in [0.29, 0.717) is 13.0 Å². The van der Waals surface area contributed by atoms with Crippen LogP contribution in [-0.4, -0.2) is 29.6 Å². The van der Waals surface area contributed by atoms with Crippen LogP contribution < -0.4 is 11.1 Å². The van der Waals surface area contributed by atoms with E-state index >= 15 is 0 Å². The summed E-state index contributed by atoms with van der Waals surface area (Å²) >= 11 is 0. The number of halogens is 1. The maximum atomic E-state index is 12.8. The van der Waals surface area contributed by atoms with Crippen molar-refractivity contribution in [2.24, 2.45) is 5.73 Å². The lowest BCUT2D eigenvalue weighted by Gasteiger charge is -2.07. The minimum absolute atomic E-state index is 0.265. The van der Waals surface area contributed by atoms with Crippen molar-refractivity contribution in [1.82, 2.24) is 5.32 Å². The molecule has 0 saturated heterocycles. The number of amides is 1. The molecule has 1 unspecified atom stereocenters. The second kappa shape index (κ2) is 6.70. The molecule has 0 fully saturated rings. The van der Waals surface area contributed by atoms with E-state index in [9.17, 15) is 14.0 Å². The number of rotatable bonds is 6. The van der Waals surface area contributed by atoms with E-state index in [1.165, 1.54) is 12.1 Å². The van der Waals surface area contributed by atoms with Crippen molar-refractivity contribution in [3.05, 3.63) is 35.6 Å². The number of aliphatic carboxylic acids is 1. The Balaban J connectivity index is 2.29. The molecule has 98 valence electrons. The average Bonchev–Trinajstić information content (AvgIpc) is 2.28. The van der Waals surface area contributed by atoms with E-state index in [1.807, 2.05) is 0 Å². The number of carbonyl (C=O) groups excluding carboxylic acids is 1. The summed E-state index contributed by atoms with van der Waals surface area (Å²) in [5.41, 5.74) is 5.97. The quantitative estimate of drug-likeness (QED) is 0.680. The van der Waals surface area contributed by atoms with Gasteiger partial charge in [-0.05, 0) is 24.1 Å². The molecule has 0 aliphatic heterocycles. The molecule has 0 heterocycles. The standard InChI is InChI=1S/C12H15FN2O3/c13-9-3-1-2-8(6-9)4-5-15-11(16)7-10(14)12(17)18/h1-3,6,10H,4-5,7,14H2,(H,15,16)(H,17,18). The van der Waals surface area contributed by atoms with Gasteiger partial charge in [-0.2, -0.15) is 0 Å². The van der Waals surface area contributed by atoms with Crippen molar-refractivity contribution < 1.29 is 19.1 Å². The topological polar surface area (TPSA) is 92.4 Å². The first-order valence-corrected chi connectivity index (χ1v) is 5.48. The number of carbonyl (C=O) groups is 2. The molecule has 0 aliphatic carbocycles. The number of nitrogens with two attached hydrogens (primary N) is 1. The van der Waals surface area contributed by atoms with E-state index < -0.39 is 17.9 Å². The first-order valence-electron chi connectivity index (χ1n) is 5.48. The van der Waals surface area contributed by atoms with Gasteiger partial charge in [-0.15, -0.1) is 0 Å². The smallest absolute Gasteiger partial charge is 0.321 e. The van der Waals surface area contributed by atoms with E-state index in [2.05, 4.69) is 5.32 Å². The predicted molar refractivity (Wildman–Crippen MR) is 63.3 cm³/mol. The second-order valence-electron chi connectivity index (χ2n) is 3.88. The summed E-state index contributed by atoms with van der Waals surface area (Å²) in [6.45, 7) is 0.314. The van der Waals surface area contributed by atoms with Crippen molar-refractivity contribution in [3.8, 4) is 0 Å². The lowest BCUT2D eigenvalue weighted by molar-refractivity contribution is -0.140. The molecule has 0 radical (unpaired) electrons. The number of carboxylic acids is 1. The average molecular weight is 254 g/mol. The highest BCUT2D eigenvalue weighted by atomic mass is 19.1. The third-order valence-corrected chi connectivity index (χ3v) is 2.35. The van der Waals surface area contributed by atoms with Gasteiger partial charge in [0, 0.05) is 6.54 Å². The van der Waals surface area contributed by atoms with Gasteiger partial charge in [0.2, 0.25) is 5.91 Å². The van der Waals surface area contributed by atoms with Gasteiger partial charge in [-0.25, -0.2) is 4.39 Å². The van der Waals surface area contributed by atoms with Crippen LogP contribution in [0.3, 0.4) is 0 Å². The number of carboxylic acid groups (broad SMARTS) is 1. The van der Waals surface area contributed by atoms with Crippen LogP contribution >= 0.6 is 0 Å². The van der Waals surface area contributed by atoms with Gasteiger partial charge in [0.15, 0.2) is 0 Å². The zero-order valence-corrected chi connectivity index (χ0v) is 9.73. The molecule has 1 atom stereocenters. The summed E-state index contributed by atoms with van der Waals surface area (Å²) in [7, 11) is 0. The molecule has 0 aliphatic rings. The summed E-state index contributed by atoms with van der Waals surface area (Å²) in [6.07, 6.45) is 0.213. The second-order valence-corrected chi connectivity index (χ2v) is 3.88. The molecule has 0 bridgehead atoms. The Labute approximate surface area is 104 Å². The van der Waals surface area contributed by atoms with E-state index in [-0.39, 0.29) is 12.2 Å². The van der Waals surface area contributed by atoms with Crippen molar-refractivity contribution >= 4 is 11.9 Å². The van der Waals surface area contributed by atoms with Gasteiger partial charge in [0.05, 0.1) is 6.42 Å². The predicted octanol–water partition coefficient (Wildman–Crippen LogP) is 0.286. The molecule has 1 aromatic carbocycles. The van der Waals surface area contributed by atoms with Crippen molar-refractivity contribution in [2.45, 2.75) is 18.9 Å². The first kappa shape index (κ1) is 14.1. The molecule has 6 heteroatoms. The van der Waals surface area contributed by atoms with Crippen molar-refractivity contribution in [3.63, 3.8) is 0 Å². The Morgan fingerprint density at radius 2 is 2.17 bits per heavy atom. The highest BCUT2D eigenvalue weighted by molar-refractivity contribution is 5.84. The first-order chi connectivity index (χ1) is 8.49. The van der Waals surface area contributed by atoms with Crippen LogP contribution in [0.2, 0.25) is 0 Å². The van der Waals surface area contributed by atoms with Crippen LogP contribution in [0.15, 0.2) is 24.3 Å². The highest BCUT2D eigenvalue weighted by Crippen LogP contribution is 2.03. The van der Waals surface area contributed by atoms with Crippen LogP contribution in [0.4, 0.5) is 4.39 Å². The molecular weight excluding hydrogens is 239 g/mol. The minimum Gasteiger partial charge on any atom is -0.480 e. The Morgan fingerprint density at radius 1 is 1.44 bits per heavy atom. The van der Waals surface area contributed by atoms with Crippen molar-refractivity contribution in [2.75, 3.05) is 6.54 Å². The van der Waals surface area contributed by atoms with E-state index in [0.717, 1.165) is 5.56 Å². The third kappa shape index (κ3) is 4.92. The summed E-state index contributed by atoms with van der Waals surface area (Å²) in [6, 6.07) is 4.87. The van der Waals surface area contributed by atoms with Gasteiger partial charge in [0.25, 0.3) is 0 Å². The van der Waals surface area contributed by atoms with Gasteiger partial charge in [-0.3, -0.25) is 9.59 Å². The Morgan fingerprint density at radius 3 is 2.78 bits per heavy atom. The summed E-state index contributed by atoms with van der Waals surface area (Å²) < 4.78 is 12.8.